The zero-order valence-corrected chi connectivity index (χ0v) is 4.87. The fourth-order valence-corrected chi connectivity index (χ4v) is 0.780. The Labute approximate surface area is 52.5 Å². The second-order valence-electron chi connectivity index (χ2n) is 2.09. The molecule has 1 heterocycles. The van der Waals surface area contributed by atoms with E-state index in [9.17, 15) is 4.79 Å². The van der Waals surface area contributed by atoms with Crippen LogP contribution in [0.4, 0.5) is 0 Å². The minimum atomic E-state index is -1.22. The van der Waals surface area contributed by atoms with E-state index in [-0.39, 0.29) is 0 Å². The van der Waals surface area contributed by atoms with Crippen LogP contribution in [0, 0.1) is 0 Å². The molecular weight excluding hydrogens is 122 g/mol. The molecule has 4 heteroatoms. The number of aliphatic hydroxyl groups is 2. The first-order valence-corrected chi connectivity index (χ1v) is 2.85. The first kappa shape index (κ1) is 6.51. The van der Waals surface area contributed by atoms with Crippen molar-refractivity contribution in [2.75, 3.05) is 6.54 Å². The third-order valence-electron chi connectivity index (χ3n) is 1.37. The van der Waals surface area contributed by atoms with Crippen molar-refractivity contribution in [1.82, 2.24) is 5.32 Å². The average Bonchev–Trinajstić information content (AvgIpc) is 1.83. The minimum Gasteiger partial charge on any atom is -0.390 e. The highest BCUT2D eigenvalue weighted by Gasteiger charge is 2.27. The molecule has 0 aromatic carbocycles. The lowest BCUT2D eigenvalue weighted by Gasteiger charge is -2.22. The van der Waals surface area contributed by atoms with Gasteiger partial charge in [0.2, 0.25) is 0 Å². The summed E-state index contributed by atoms with van der Waals surface area (Å²) in [4.78, 5) is 10.5. The summed E-state index contributed by atoms with van der Waals surface area (Å²) in [5, 5.41) is 20.0. The van der Waals surface area contributed by atoms with E-state index >= 15 is 0 Å². The Hall–Kier alpha value is -0.610. The number of piperidine rings is 1. The Morgan fingerprint density at radius 2 is 2.22 bits per heavy atom. The molecule has 1 saturated heterocycles. The molecule has 1 aliphatic rings. The highest BCUT2D eigenvalue weighted by molar-refractivity contribution is 5.81. The van der Waals surface area contributed by atoms with Crippen LogP contribution in [0.1, 0.15) is 6.42 Å². The minimum absolute atomic E-state index is 0.437. The lowest BCUT2D eigenvalue weighted by atomic mass is 10.1. The van der Waals surface area contributed by atoms with E-state index in [4.69, 9.17) is 10.2 Å². The highest BCUT2D eigenvalue weighted by atomic mass is 16.3. The predicted octanol–water partition coefficient (Wildman–Crippen LogP) is -1.77. The Morgan fingerprint density at radius 3 is 2.67 bits per heavy atom. The van der Waals surface area contributed by atoms with E-state index in [0.717, 1.165) is 0 Å². The molecule has 0 unspecified atom stereocenters. The van der Waals surface area contributed by atoms with Crippen molar-refractivity contribution in [2.45, 2.75) is 18.6 Å². The maximum Gasteiger partial charge on any atom is 0.251 e. The Kier molecular flexibility index (Phi) is 1.68. The quantitative estimate of drug-likeness (QED) is 0.364. The standard InChI is InChI=1S/C5H9NO3/c7-3-1-2-6-5(9)4(3)8/h3-4,7-8H,1-2H2,(H,6,9)/t3-,4+/m1/s1. The molecule has 0 saturated carbocycles. The Morgan fingerprint density at radius 1 is 1.56 bits per heavy atom. The molecule has 4 nitrogen and oxygen atoms in total. The summed E-state index contributed by atoms with van der Waals surface area (Å²) in [6, 6.07) is 0. The van der Waals surface area contributed by atoms with E-state index < -0.39 is 18.1 Å². The number of hydrogen-bond donors (Lipinski definition) is 3. The van der Waals surface area contributed by atoms with Gasteiger partial charge < -0.3 is 15.5 Å². The number of hydrogen-bond acceptors (Lipinski definition) is 3. The van der Waals surface area contributed by atoms with E-state index in [0.29, 0.717) is 13.0 Å². The number of carbonyl (C=O) groups excluding carboxylic acids is 1. The highest BCUT2D eigenvalue weighted by Crippen LogP contribution is 2.02. The Balaban J connectivity index is 2.51. The smallest absolute Gasteiger partial charge is 0.251 e. The second-order valence-corrected chi connectivity index (χ2v) is 2.09. The fourth-order valence-electron chi connectivity index (χ4n) is 0.780. The maximum atomic E-state index is 10.5. The largest absolute Gasteiger partial charge is 0.390 e. The lowest BCUT2D eigenvalue weighted by Crippen LogP contribution is -2.48. The summed E-state index contributed by atoms with van der Waals surface area (Å²) in [7, 11) is 0. The van der Waals surface area contributed by atoms with Crippen molar-refractivity contribution in [3.05, 3.63) is 0 Å². The van der Waals surface area contributed by atoms with Gasteiger partial charge in [0, 0.05) is 6.54 Å². The molecule has 1 rings (SSSR count). The summed E-state index contributed by atoms with van der Waals surface area (Å²) in [5.74, 6) is -0.478. The van der Waals surface area contributed by atoms with Crippen LogP contribution in [0.15, 0.2) is 0 Å². The van der Waals surface area contributed by atoms with Crippen LogP contribution in [-0.4, -0.2) is 34.9 Å². The summed E-state index contributed by atoms with van der Waals surface area (Å²) >= 11 is 0. The number of carbonyl (C=O) groups is 1. The Bertz CT molecular complexity index is 125. The molecular formula is C5H9NO3. The van der Waals surface area contributed by atoms with Gasteiger partial charge in [-0.2, -0.15) is 0 Å². The van der Waals surface area contributed by atoms with E-state index in [1.165, 1.54) is 0 Å². The first-order chi connectivity index (χ1) is 4.22. The number of rotatable bonds is 0. The van der Waals surface area contributed by atoms with Gasteiger partial charge in [-0.05, 0) is 6.42 Å². The van der Waals surface area contributed by atoms with Crippen molar-refractivity contribution >= 4 is 5.91 Å². The topological polar surface area (TPSA) is 69.6 Å². The molecule has 0 radical (unpaired) electrons. The van der Waals surface area contributed by atoms with Crippen LogP contribution in [0.3, 0.4) is 0 Å². The van der Waals surface area contributed by atoms with Gasteiger partial charge in [-0.3, -0.25) is 4.79 Å². The van der Waals surface area contributed by atoms with Crippen LogP contribution in [0.5, 0.6) is 0 Å². The van der Waals surface area contributed by atoms with Crippen LogP contribution < -0.4 is 5.32 Å². The normalized spacial score (nSPS) is 36.0. The van der Waals surface area contributed by atoms with Gasteiger partial charge in [0.15, 0.2) is 6.10 Å². The summed E-state index contributed by atoms with van der Waals surface area (Å²) in [5.41, 5.74) is 0. The average molecular weight is 131 g/mol. The molecule has 0 aromatic rings. The van der Waals surface area contributed by atoms with E-state index in [1.807, 2.05) is 0 Å². The monoisotopic (exact) mass is 131 g/mol. The van der Waals surface area contributed by atoms with Gasteiger partial charge in [0.25, 0.3) is 5.91 Å². The lowest BCUT2D eigenvalue weighted by molar-refractivity contribution is -0.138. The third kappa shape index (κ3) is 1.20. The maximum absolute atomic E-state index is 10.5. The van der Waals surface area contributed by atoms with Crippen molar-refractivity contribution in [2.24, 2.45) is 0 Å². The molecule has 0 aromatic heterocycles. The van der Waals surface area contributed by atoms with Crippen molar-refractivity contribution in [3.8, 4) is 0 Å². The molecule has 0 bridgehead atoms. The molecule has 3 N–H and O–H groups in total. The van der Waals surface area contributed by atoms with Crippen molar-refractivity contribution in [3.63, 3.8) is 0 Å². The molecule has 52 valence electrons. The van der Waals surface area contributed by atoms with Gasteiger partial charge >= 0.3 is 0 Å². The predicted molar refractivity (Wildman–Crippen MR) is 29.6 cm³/mol. The molecule has 1 fully saturated rings. The zero-order valence-electron chi connectivity index (χ0n) is 4.87. The summed E-state index contributed by atoms with van der Waals surface area (Å²) < 4.78 is 0. The van der Waals surface area contributed by atoms with Gasteiger partial charge in [-0.15, -0.1) is 0 Å². The van der Waals surface area contributed by atoms with Gasteiger partial charge in [-0.1, -0.05) is 0 Å². The first-order valence-electron chi connectivity index (χ1n) is 2.85. The number of aliphatic hydroxyl groups excluding tert-OH is 2. The molecule has 2 atom stereocenters. The third-order valence-corrected chi connectivity index (χ3v) is 1.37. The van der Waals surface area contributed by atoms with Crippen LogP contribution in [-0.2, 0) is 4.79 Å². The fraction of sp³-hybridized carbons (Fsp3) is 0.800. The second kappa shape index (κ2) is 2.33. The molecule has 9 heavy (non-hydrogen) atoms. The van der Waals surface area contributed by atoms with Gasteiger partial charge in [0.1, 0.15) is 0 Å². The van der Waals surface area contributed by atoms with Crippen LogP contribution in [0.25, 0.3) is 0 Å². The SMILES string of the molecule is O=C1NCC[C@@H](O)[C@@H]1O. The van der Waals surface area contributed by atoms with Crippen molar-refractivity contribution in [1.29, 1.82) is 0 Å². The molecule has 0 aliphatic carbocycles. The molecule has 1 aliphatic heterocycles. The zero-order chi connectivity index (χ0) is 6.85. The van der Waals surface area contributed by atoms with E-state index in [2.05, 4.69) is 5.32 Å². The molecule has 0 spiro atoms. The number of amides is 1. The van der Waals surface area contributed by atoms with Gasteiger partial charge in [0.05, 0.1) is 6.10 Å². The molecule has 1 amide bonds. The van der Waals surface area contributed by atoms with Crippen LogP contribution >= 0.6 is 0 Å². The number of nitrogens with one attached hydrogen (secondary N) is 1. The van der Waals surface area contributed by atoms with Gasteiger partial charge in [-0.25, -0.2) is 0 Å². The van der Waals surface area contributed by atoms with E-state index in [1.54, 1.807) is 0 Å². The summed E-state index contributed by atoms with van der Waals surface area (Å²) in [6.45, 7) is 0.455. The van der Waals surface area contributed by atoms with Crippen molar-refractivity contribution < 1.29 is 15.0 Å². The summed E-state index contributed by atoms with van der Waals surface area (Å²) in [6.07, 6.45) is -1.66. The van der Waals surface area contributed by atoms with Crippen LogP contribution in [0.2, 0.25) is 0 Å².